The van der Waals surface area contributed by atoms with Crippen LogP contribution < -0.4 is 0 Å². The Morgan fingerprint density at radius 2 is 1.66 bits per heavy atom. The SMILES string of the molecule is CC(C)(C)OC(=O)N1CCC(CC(=O)N2CCN(C(c3ccc(Cl)cc3)c3ccc(Br)cn3)C[C@@H]2C(C)(C)C)CC1. The number of rotatable bonds is 5. The van der Waals surface area contributed by atoms with Crippen LogP contribution in [0.1, 0.15) is 78.1 Å². The van der Waals surface area contributed by atoms with Gasteiger partial charge >= 0.3 is 6.09 Å². The third-order valence-electron chi connectivity index (χ3n) is 8.04. The predicted octanol–water partition coefficient (Wildman–Crippen LogP) is 7.18. The predicted molar refractivity (Wildman–Crippen MR) is 167 cm³/mol. The summed E-state index contributed by atoms with van der Waals surface area (Å²) in [5, 5.41) is 0.705. The fraction of sp³-hybridized carbons (Fsp3) is 0.594. The first kappa shape index (κ1) is 31.8. The second-order valence-electron chi connectivity index (χ2n) is 13.4. The highest BCUT2D eigenvalue weighted by Gasteiger charge is 2.41. The second kappa shape index (κ2) is 13.0. The maximum absolute atomic E-state index is 13.8. The number of pyridine rings is 1. The van der Waals surface area contributed by atoms with Crippen LogP contribution in [0.5, 0.6) is 0 Å². The number of aromatic nitrogens is 1. The number of carbonyl (C=O) groups is 2. The zero-order valence-corrected chi connectivity index (χ0v) is 27.5. The van der Waals surface area contributed by atoms with Crippen LogP contribution in [0.15, 0.2) is 47.1 Å². The van der Waals surface area contributed by atoms with E-state index in [1.807, 2.05) is 45.2 Å². The number of likely N-dealkylation sites (tertiary alicyclic amines) is 1. The van der Waals surface area contributed by atoms with Gasteiger partial charge in [0.25, 0.3) is 0 Å². The first-order valence-electron chi connectivity index (χ1n) is 14.6. The number of piperazine rings is 1. The van der Waals surface area contributed by atoms with Gasteiger partial charge in [-0.15, -0.1) is 0 Å². The summed E-state index contributed by atoms with van der Waals surface area (Å²) in [6.07, 6.45) is 3.73. The number of piperidine rings is 1. The van der Waals surface area contributed by atoms with Crippen molar-refractivity contribution in [3.63, 3.8) is 0 Å². The van der Waals surface area contributed by atoms with Crippen molar-refractivity contribution in [2.45, 2.75) is 78.5 Å². The molecule has 2 aliphatic heterocycles. The summed E-state index contributed by atoms with van der Waals surface area (Å²) in [5.41, 5.74) is 1.49. The van der Waals surface area contributed by atoms with E-state index >= 15 is 0 Å². The van der Waals surface area contributed by atoms with Gasteiger partial charge in [-0.1, -0.05) is 44.5 Å². The second-order valence-corrected chi connectivity index (χ2v) is 14.8. The average Bonchev–Trinajstić information content (AvgIpc) is 2.90. The minimum Gasteiger partial charge on any atom is -0.444 e. The van der Waals surface area contributed by atoms with Gasteiger partial charge < -0.3 is 14.5 Å². The largest absolute Gasteiger partial charge is 0.444 e. The number of hydrogen-bond acceptors (Lipinski definition) is 5. The molecule has 0 N–H and O–H groups in total. The van der Waals surface area contributed by atoms with Gasteiger partial charge in [-0.25, -0.2) is 4.79 Å². The van der Waals surface area contributed by atoms with Crippen LogP contribution in [0, 0.1) is 11.3 Å². The number of hydrogen-bond donors (Lipinski definition) is 0. The third kappa shape index (κ3) is 8.45. The highest BCUT2D eigenvalue weighted by molar-refractivity contribution is 9.10. The van der Waals surface area contributed by atoms with Crippen molar-refractivity contribution >= 4 is 39.5 Å². The lowest BCUT2D eigenvalue weighted by Gasteiger charge is -2.49. The molecule has 0 spiro atoms. The number of carbonyl (C=O) groups excluding carboxylic acids is 2. The molecule has 2 amide bonds. The van der Waals surface area contributed by atoms with Crippen LogP contribution in [-0.4, -0.2) is 76.1 Å². The van der Waals surface area contributed by atoms with Crippen molar-refractivity contribution in [3.8, 4) is 0 Å². The van der Waals surface area contributed by atoms with E-state index in [4.69, 9.17) is 21.3 Å². The smallest absolute Gasteiger partial charge is 0.410 e. The van der Waals surface area contributed by atoms with Crippen molar-refractivity contribution in [1.29, 1.82) is 0 Å². The molecule has 3 heterocycles. The van der Waals surface area contributed by atoms with Gasteiger partial charge in [-0.3, -0.25) is 14.7 Å². The molecule has 1 unspecified atom stereocenters. The lowest BCUT2D eigenvalue weighted by atomic mass is 9.82. The third-order valence-corrected chi connectivity index (χ3v) is 8.76. The Morgan fingerprint density at radius 3 is 2.22 bits per heavy atom. The number of nitrogens with zero attached hydrogens (tertiary/aromatic N) is 4. The fourth-order valence-corrected chi connectivity index (χ4v) is 6.21. The van der Waals surface area contributed by atoms with Crippen molar-refractivity contribution in [2.75, 3.05) is 32.7 Å². The molecule has 41 heavy (non-hydrogen) atoms. The van der Waals surface area contributed by atoms with E-state index in [1.165, 1.54) is 0 Å². The Hall–Kier alpha value is -2.16. The lowest BCUT2D eigenvalue weighted by Crippen LogP contribution is -2.60. The summed E-state index contributed by atoms with van der Waals surface area (Å²) in [6, 6.07) is 12.1. The Morgan fingerprint density at radius 1 is 1.00 bits per heavy atom. The molecular formula is C32H44BrClN4O3. The van der Waals surface area contributed by atoms with E-state index in [2.05, 4.69) is 64.7 Å². The zero-order chi connectivity index (χ0) is 29.9. The summed E-state index contributed by atoms with van der Waals surface area (Å²) in [6.45, 7) is 15.7. The number of ether oxygens (including phenoxy) is 1. The molecule has 1 aromatic heterocycles. The fourth-order valence-electron chi connectivity index (χ4n) is 5.85. The normalized spacial score (nSPS) is 20.1. The van der Waals surface area contributed by atoms with Gasteiger partial charge in [0.1, 0.15) is 5.60 Å². The quantitative estimate of drug-likeness (QED) is 0.344. The minimum atomic E-state index is -0.506. The van der Waals surface area contributed by atoms with Gasteiger partial charge in [0.2, 0.25) is 5.91 Å². The monoisotopic (exact) mass is 646 g/mol. The lowest BCUT2D eigenvalue weighted by molar-refractivity contribution is -0.141. The average molecular weight is 648 g/mol. The minimum absolute atomic E-state index is 0.0420. The standard InChI is InChI=1S/C32H44BrClN4O3/c1-31(2,3)27-21-37(29(23-7-10-25(34)11-8-23)26-12-9-24(33)20-35-26)17-18-38(27)28(39)19-22-13-15-36(16-14-22)30(40)41-32(4,5)6/h7-12,20,22,27,29H,13-19,21H2,1-6H3/t27-,29?/m1/s1. The number of amides is 2. The molecule has 0 bridgehead atoms. The summed E-state index contributed by atoms with van der Waals surface area (Å²) in [5.74, 6) is 0.485. The Bertz CT molecular complexity index is 1140. The van der Waals surface area contributed by atoms with Crippen molar-refractivity contribution in [2.24, 2.45) is 11.3 Å². The van der Waals surface area contributed by atoms with Gasteiger partial charge in [0.15, 0.2) is 0 Å². The van der Waals surface area contributed by atoms with E-state index in [-0.39, 0.29) is 35.4 Å². The molecule has 2 aliphatic rings. The molecular weight excluding hydrogens is 604 g/mol. The van der Waals surface area contributed by atoms with Crippen LogP contribution >= 0.6 is 27.5 Å². The first-order valence-corrected chi connectivity index (χ1v) is 15.8. The Kier molecular flexibility index (Phi) is 10.1. The molecule has 9 heteroatoms. The van der Waals surface area contributed by atoms with Crippen molar-refractivity contribution in [1.82, 2.24) is 19.7 Å². The van der Waals surface area contributed by atoms with Gasteiger partial charge in [-0.05, 0) is 90.7 Å². The molecule has 1 aromatic carbocycles. The molecule has 2 fully saturated rings. The first-order chi connectivity index (χ1) is 19.2. The van der Waals surface area contributed by atoms with Crippen LogP contribution in [0.25, 0.3) is 0 Å². The van der Waals surface area contributed by atoms with Crippen molar-refractivity contribution < 1.29 is 14.3 Å². The van der Waals surface area contributed by atoms with E-state index < -0.39 is 5.60 Å². The molecule has 2 aromatic rings. The van der Waals surface area contributed by atoms with Gasteiger partial charge in [-0.2, -0.15) is 0 Å². The van der Waals surface area contributed by atoms with Crippen LogP contribution in [0.3, 0.4) is 0 Å². The maximum Gasteiger partial charge on any atom is 0.410 e. The zero-order valence-electron chi connectivity index (χ0n) is 25.2. The molecule has 0 aliphatic carbocycles. The van der Waals surface area contributed by atoms with Crippen LogP contribution in [-0.2, 0) is 9.53 Å². The summed E-state index contributed by atoms with van der Waals surface area (Å²) < 4.78 is 6.48. The molecule has 224 valence electrons. The molecule has 2 saturated heterocycles. The summed E-state index contributed by atoms with van der Waals surface area (Å²) >= 11 is 9.74. The summed E-state index contributed by atoms with van der Waals surface area (Å²) in [7, 11) is 0. The number of benzene rings is 1. The van der Waals surface area contributed by atoms with E-state index in [0.717, 1.165) is 41.7 Å². The van der Waals surface area contributed by atoms with Crippen LogP contribution in [0.4, 0.5) is 4.79 Å². The molecule has 2 atom stereocenters. The van der Waals surface area contributed by atoms with E-state index in [0.29, 0.717) is 31.1 Å². The summed E-state index contributed by atoms with van der Waals surface area (Å²) in [4.78, 5) is 37.4. The maximum atomic E-state index is 13.8. The Labute approximate surface area is 258 Å². The van der Waals surface area contributed by atoms with E-state index in [1.54, 1.807) is 4.90 Å². The molecule has 0 saturated carbocycles. The van der Waals surface area contributed by atoms with Crippen LogP contribution in [0.2, 0.25) is 5.02 Å². The molecule has 7 nitrogen and oxygen atoms in total. The highest BCUT2D eigenvalue weighted by Crippen LogP contribution is 2.36. The highest BCUT2D eigenvalue weighted by atomic mass is 79.9. The number of halogens is 2. The van der Waals surface area contributed by atoms with Gasteiger partial charge in [0, 0.05) is 60.9 Å². The van der Waals surface area contributed by atoms with E-state index in [9.17, 15) is 9.59 Å². The molecule has 4 rings (SSSR count). The molecule has 0 radical (unpaired) electrons. The van der Waals surface area contributed by atoms with Crippen molar-refractivity contribution in [3.05, 3.63) is 63.3 Å². The van der Waals surface area contributed by atoms with Gasteiger partial charge in [0.05, 0.1) is 11.7 Å². The topological polar surface area (TPSA) is 66.0 Å². The Balaban J connectivity index is 1.46.